The topological polar surface area (TPSA) is 46.4 Å². The van der Waals surface area contributed by atoms with Gasteiger partial charge in [0, 0.05) is 17.4 Å². The van der Waals surface area contributed by atoms with Crippen molar-refractivity contribution in [3.05, 3.63) is 88.7 Å². The normalized spacial score (nSPS) is 11.0. The van der Waals surface area contributed by atoms with Gasteiger partial charge in [-0.2, -0.15) is 0 Å². The van der Waals surface area contributed by atoms with Crippen LogP contribution in [0, 0.1) is 27.7 Å². The van der Waals surface area contributed by atoms with E-state index in [2.05, 4.69) is 44.3 Å². The van der Waals surface area contributed by atoms with Gasteiger partial charge in [0.15, 0.2) is 0 Å². The number of benzene rings is 2. The molecule has 2 aromatic carbocycles. The van der Waals surface area contributed by atoms with Crippen molar-refractivity contribution in [1.82, 2.24) is 9.38 Å². The lowest BCUT2D eigenvalue weighted by Crippen LogP contribution is -2.16. The standard InChI is InChI=1S/C25H25N3O/c1-16-11-12-28-22(15-24(29)26-21-8-6-5-7-18(21)3)25(27-23(28)13-16)20-10-9-17(2)19(4)14-20/h5-14H,15H2,1-4H3,(H,26,29). The molecule has 0 bridgehead atoms. The van der Waals surface area contributed by atoms with Crippen molar-refractivity contribution in [1.29, 1.82) is 0 Å². The van der Waals surface area contributed by atoms with Crippen LogP contribution in [0.1, 0.15) is 27.9 Å². The largest absolute Gasteiger partial charge is 0.326 e. The fourth-order valence-corrected chi connectivity index (χ4v) is 3.55. The summed E-state index contributed by atoms with van der Waals surface area (Å²) in [7, 11) is 0. The average molecular weight is 383 g/mol. The molecule has 2 aromatic heterocycles. The predicted octanol–water partition coefficient (Wildman–Crippen LogP) is 5.42. The Morgan fingerprint density at radius 2 is 1.72 bits per heavy atom. The Balaban J connectivity index is 1.76. The van der Waals surface area contributed by atoms with Gasteiger partial charge in [-0.3, -0.25) is 4.79 Å². The van der Waals surface area contributed by atoms with E-state index in [-0.39, 0.29) is 12.3 Å². The fraction of sp³-hybridized carbons (Fsp3) is 0.200. The van der Waals surface area contributed by atoms with E-state index in [9.17, 15) is 4.79 Å². The van der Waals surface area contributed by atoms with Crippen LogP contribution in [-0.2, 0) is 11.2 Å². The molecule has 0 saturated heterocycles. The maximum atomic E-state index is 12.9. The molecule has 4 rings (SSSR count). The third-order valence-corrected chi connectivity index (χ3v) is 5.41. The van der Waals surface area contributed by atoms with E-state index < -0.39 is 0 Å². The number of carbonyl (C=O) groups excluding carboxylic acids is 1. The molecule has 4 heteroatoms. The van der Waals surface area contributed by atoms with Crippen molar-refractivity contribution in [2.45, 2.75) is 34.1 Å². The molecule has 4 nitrogen and oxygen atoms in total. The van der Waals surface area contributed by atoms with Crippen LogP contribution >= 0.6 is 0 Å². The predicted molar refractivity (Wildman–Crippen MR) is 118 cm³/mol. The first-order chi connectivity index (χ1) is 13.9. The lowest BCUT2D eigenvalue weighted by Gasteiger charge is -2.10. The molecular formula is C25H25N3O. The van der Waals surface area contributed by atoms with Crippen molar-refractivity contribution >= 4 is 17.2 Å². The fourth-order valence-electron chi connectivity index (χ4n) is 3.55. The number of aromatic nitrogens is 2. The highest BCUT2D eigenvalue weighted by molar-refractivity contribution is 5.94. The van der Waals surface area contributed by atoms with Gasteiger partial charge in [-0.1, -0.05) is 30.3 Å². The molecule has 0 radical (unpaired) electrons. The lowest BCUT2D eigenvalue weighted by molar-refractivity contribution is -0.115. The van der Waals surface area contributed by atoms with Crippen LogP contribution in [0.15, 0.2) is 60.8 Å². The number of anilines is 1. The molecule has 0 atom stereocenters. The summed E-state index contributed by atoms with van der Waals surface area (Å²) in [5.41, 5.74) is 9.14. The number of amides is 1. The molecule has 4 aromatic rings. The van der Waals surface area contributed by atoms with Gasteiger partial charge >= 0.3 is 0 Å². The van der Waals surface area contributed by atoms with Crippen LogP contribution in [-0.4, -0.2) is 15.3 Å². The van der Waals surface area contributed by atoms with Crippen LogP contribution in [0.25, 0.3) is 16.9 Å². The van der Waals surface area contributed by atoms with Gasteiger partial charge in [-0.05, 0) is 74.2 Å². The molecule has 1 N–H and O–H groups in total. The van der Waals surface area contributed by atoms with Gasteiger partial charge in [-0.15, -0.1) is 0 Å². The van der Waals surface area contributed by atoms with Crippen molar-refractivity contribution in [2.24, 2.45) is 0 Å². The molecule has 0 aliphatic carbocycles. The minimum Gasteiger partial charge on any atom is -0.326 e. The molecule has 2 heterocycles. The van der Waals surface area contributed by atoms with Crippen LogP contribution in [0.4, 0.5) is 5.69 Å². The van der Waals surface area contributed by atoms with E-state index in [1.165, 1.54) is 11.1 Å². The highest BCUT2D eigenvalue weighted by Crippen LogP contribution is 2.27. The molecule has 29 heavy (non-hydrogen) atoms. The Hall–Kier alpha value is -3.40. The van der Waals surface area contributed by atoms with Gasteiger partial charge in [0.05, 0.1) is 17.8 Å². The van der Waals surface area contributed by atoms with E-state index in [4.69, 9.17) is 4.98 Å². The van der Waals surface area contributed by atoms with Gasteiger partial charge in [-0.25, -0.2) is 4.98 Å². The number of carbonyl (C=O) groups is 1. The first kappa shape index (κ1) is 18.9. The number of imidazole rings is 1. The number of rotatable bonds is 4. The maximum absolute atomic E-state index is 12.9. The monoisotopic (exact) mass is 383 g/mol. The number of pyridine rings is 1. The molecule has 1 amide bonds. The number of fused-ring (bicyclic) bond motifs is 1. The molecule has 0 unspecified atom stereocenters. The number of nitrogens with one attached hydrogen (secondary N) is 1. The average Bonchev–Trinajstić information content (AvgIpc) is 3.03. The lowest BCUT2D eigenvalue weighted by atomic mass is 10.0. The van der Waals surface area contributed by atoms with Crippen molar-refractivity contribution in [3.8, 4) is 11.3 Å². The van der Waals surface area contributed by atoms with Gasteiger partial charge in [0.1, 0.15) is 5.65 Å². The summed E-state index contributed by atoms with van der Waals surface area (Å²) < 4.78 is 2.02. The van der Waals surface area contributed by atoms with Crippen molar-refractivity contribution in [3.63, 3.8) is 0 Å². The smallest absolute Gasteiger partial charge is 0.230 e. The van der Waals surface area contributed by atoms with Crippen LogP contribution in [0.3, 0.4) is 0 Å². The summed E-state index contributed by atoms with van der Waals surface area (Å²) in [6.45, 7) is 8.24. The molecule has 0 aliphatic rings. The van der Waals surface area contributed by atoms with Crippen LogP contribution in [0.5, 0.6) is 0 Å². The highest BCUT2D eigenvalue weighted by atomic mass is 16.1. The van der Waals surface area contributed by atoms with E-state index >= 15 is 0 Å². The number of hydrogen-bond donors (Lipinski definition) is 1. The van der Waals surface area contributed by atoms with Crippen LogP contribution < -0.4 is 5.32 Å². The molecule has 0 spiro atoms. The molecule has 146 valence electrons. The first-order valence-electron chi connectivity index (χ1n) is 9.83. The second kappa shape index (κ2) is 7.55. The summed E-state index contributed by atoms with van der Waals surface area (Å²) in [5.74, 6) is -0.0493. The first-order valence-corrected chi connectivity index (χ1v) is 9.83. The number of nitrogens with zero attached hydrogens (tertiary/aromatic N) is 2. The zero-order valence-corrected chi connectivity index (χ0v) is 17.3. The summed E-state index contributed by atoms with van der Waals surface area (Å²) in [4.78, 5) is 17.8. The highest BCUT2D eigenvalue weighted by Gasteiger charge is 2.18. The van der Waals surface area contributed by atoms with E-state index in [1.807, 2.05) is 53.9 Å². The zero-order valence-electron chi connectivity index (χ0n) is 17.3. The Morgan fingerprint density at radius 1 is 0.931 bits per heavy atom. The second-order valence-electron chi connectivity index (χ2n) is 7.68. The Morgan fingerprint density at radius 3 is 2.48 bits per heavy atom. The third-order valence-electron chi connectivity index (χ3n) is 5.41. The molecule has 0 aliphatic heterocycles. The summed E-state index contributed by atoms with van der Waals surface area (Å²) in [6.07, 6.45) is 2.25. The number of para-hydroxylation sites is 1. The Labute approximate surface area is 171 Å². The van der Waals surface area contributed by atoms with Gasteiger partial charge in [0.2, 0.25) is 5.91 Å². The van der Waals surface area contributed by atoms with E-state index in [1.54, 1.807) is 0 Å². The van der Waals surface area contributed by atoms with Gasteiger partial charge < -0.3 is 9.72 Å². The Kier molecular flexibility index (Phi) is 4.93. The molecule has 0 fully saturated rings. The number of aryl methyl sites for hydroxylation is 4. The SMILES string of the molecule is Cc1ccn2c(CC(=O)Nc3ccccc3C)c(-c3ccc(C)c(C)c3)nc2c1. The third kappa shape index (κ3) is 3.79. The van der Waals surface area contributed by atoms with Crippen molar-refractivity contribution in [2.75, 3.05) is 5.32 Å². The van der Waals surface area contributed by atoms with Crippen molar-refractivity contribution < 1.29 is 4.79 Å². The second-order valence-corrected chi connectivity index (χ2v) is 7.68. The molecular weight excluding hydrogens is 358 g/mol. The Bertz CT molecular complexity index is 1220. The maximum Gasteiger partial charge on any atom is 0.230 e. The minimum atomic E-state index is -0.0493. The summed E-state index contributed by atoms with van der Waals surface area (Å²) >= 11 is 0. The van der Waals surface area contributed by atoms with E-state index in [0.717, 1.165) is 39.4 Å². The van der Waals surface area contributed by atoms with Crippen LogP contribution in [0.2, 0.25) is 0 Å². The van der Waals surface area contributed by atoms with E-state index in [0.29, 0.717) is 0 Å². The summed E-state index contributed by atoms with van der Waals surface area (Å²) in [6, 6.07) is 18.2. The van der Waals surface area contributed by atoms with Gasteiger partial charge in [0.25, 0.3) is 0 Å². The minimum absolute atomic E-state index is 0.0493. The summed E-state index contributed by atoms with van der Waals surface area (Å²) in [5, 5.41) is 3.04. The zero-order chi connectivity index (χ0) is 20.5. The molecule has 0 saturated carbocycles. The quantitative estimate of drug-likeness (QED) is 0.512. The number of hydrogen-bond acceptors (Lipinski definition) is 2.